The molecule has 12 heteroatoms. The lowest BCUT2D eigenvalue weighted by molar-refractivity contribution is -0.128. The minimum Gasteiger partial charge on any atom is -0.379 e. The Labute approximate surface area is 248 Å². The first-order valence-corrected chi connectivity index (χ1v) is 14.3. The Morgan fingerprint density at radius 1 is 1.12 bits per heavy atom. The monoisotopic (exact) mass is 589 g/mol. The molecule has 224 valence electrons. The van der Waals surface area contributed by atoms with Gasteiger partial charge >= 0.3 is 6.61 Å². The van der Waals surface area contributed by atoms with Crippen LogP contribution in [0.25, 0.3) is 11.0 Å². The van der Waals surface area contributed by atoms with Crippen LogP contribution in [-0.2, 0) is 23.2 Å². The Bertz CT molecular complexity index is 1630. The average molecular weight is 590 g/mol. The van der Waals surface area contributed by atoms with E-state index in [1.807, 2.05) is 48.4 Å². The second-order valence-electron chi connectivity index (χ2n) is 10.9. The Morgan fingerprint density at radius 3 is 2.44 bits per heavy atom. The first-order chi connectivity index (χ1) is 20.8. The summed E-state index contributed by atoms with van der Waals surface area (Å²) in [4.78, 5) is 26.2. The Hall–Kier alpha value is -4.39. The molecular weight excluding hydrogens is 556 g/mol. The zero-order valence-corrected chi connectivity index (χ0v) is 24.2. The normalized spacial score (nSPS) is 19.7. The summed E-state index contributed by atoms with van der Waals surface area (Å²) in [6, 6.07) is 15.0. The molecular formula is C31H33F2N7O3. The number of halogens is 2. The van der Waals surface area contributed by atoms with Gasteiger partial charge in [-0.2, -0.15) is 19.3 Å². The van der Waals surface area contributed by atoms with Crippen molar-refractivity contribution < 1.29 is 18.4 Å². The van der Waals surface area contributed by atoms with Gasteiger partial charge in [0.2, 0.25) is 0 Å². The number of nitrogens with zero attached hydrogens (tertiary/aromatic N) is 7. The lowest BCUT2D eigenvalue weighted by Gasteiger charge is -2.37. The van der Waals surface area contributed by atoms with Gasteiger partial charge in [0, 0.05) is 45.7 Å². The lowest BCUT2D eigenvalue weighted by Crippen LogP contribution is -2.39. The maximum atomic E-state index is 13.1. The van der Waals surface area contributed by atoms with Crippen molar-refractivity contribution in [3.8, 4) is 12.1 Å². The smallest absolute Gasteiger partial charge is 0.379 e. The standard InChI is InChI=1S/C31H33F2N7O3/c1-38(29-25(18-35)30(41)39(2)26-12-9-23(17-34)36-28(26)29)24-10-7-22(8-11-24)27(37-43-31(32)33)21-5-3-20(4-6-21)19-40-13-15-42-16-14-40/h3-6,9,12,22,24,31H,7-8,10-11,13-16,19H2,1-2H3/b37-27+/t22-,24+. The van der Waals surface area contributed by atoms with Gasteiger partial charge in [0.05, 0.1) is 30.1 Å². The zero-order chi connectivity index (χ0) is 30.5. The van der Waals surface area contributed by atoms with Crippen LogP contribution in [0.1, 0.15) is 48.1 Å². The summed E-state index contributed by atoms with van der Waals surface area (Å²) >= 11 is 0. The molecule has 2 aromatic heterocycles. The highest BCUT2D eigenvalue weighted by atomic mass is 19.3. The van der Waals surface area contributed by atoms with E-state index in [0.29, 0.717) is 61.3 Å². The number of pyridine rings is 2. The first-order valence-electron chi connectivity index (χ1n) is 14.3. The van der Waals surface area contributed by atoms with Crippen molar-refractivity contribution in [2.24, 2.45) is 18.1 Å². The number of anilines is 1. The molecule has 43 heavy (non-hydrogen) atoms. The number of morpholine rings is 1. The Balaban J connectivity index is 1.36. The number of aromatic nitrogens is 2. The van der Waals surface area contributed by atoms with Gasteiger partial charge in [0.1, 0.15) is 28.9 Å². The van der Waals surface area contributed by atoms with Gasteiger partial charge in [0.25, 0.3) is 5.56 Å². The molecule has 2 aliphatic rings. The summed E-state index contributed by atoms with van der Waals surface area (Å²) in [5.41, 5.74) is 3.38. The third-order valence-corrected chi connectivity index (χ3v) is 8.42. The fraction of sp³-hybridized carbons (Fsp3) is 0.452. The highest BCUT2D eigenvalue weighted by Crippen LogP contribution is 2.35. The number of alkyl halides is 2. The van der Waals surface area contributed by atoms with Crippen LogP contribution in [0.2, 0.25) is 0 Å². The van der Waals surface area contributed by atoms with Gasteiger partial charge in [-0.15, -0.1) is 0 Å². The largest absolute Gasteiger partial charge is 0.407 e. The second kappa shape index (κ2) is 13.3. The minimum absolute atomic E-state index is 0.0352. The van der Waals surface area contributed by atoms with Crippen molar-refractivity contribution in [2.45, 2.75) is 44.9 Å². The molecule has 0 N–H and O–H groups in total. The quantitative estimate of drug-likeness (QED) is 0.284. The van der Waals surface area contributed by atoms with Crippen LogP contribution < -0.4 is 10.5 Å². The molecule has 0 spiro atoms. The fourth-order valence-electron chi connectivity index (χ4n) is 6.08. The van der Waals surface area contributed by atoms with Gasteiger partial charge < -0.3 is 19.0 Å². The van der Waals surface area contributed by atoms with Gasteiger partial charge in [-0.25, -0.2) is 4.98 Å². The van der Waals surface area contributed by atoms with Crippen molar-refractivity contribution in [3.63, 3.8) is 0 Å². The summed E-state index contributed by atoms with van der Waals surface area (Å²) < 4.78 is 32.9. The SMILES string of the molecule is Cn1c(=O)c(C#N)c(N(C)[C@H]2CC[C@@H](/C(=N/OC(F)F)c3ccc(CN4CCOCC4)cc3)CC2)c2nc(C#N)ccc21. The summed E-state index contributed by atoms with van der Waals surface area (Å²) in [5.74, 6) is -0.118. The molecule has 0 amide bonds. The maximum Gasteiger partial charge on any atom is 0.407 e. The zero-order valence-electron chi connectivity index (χ0n) is 24.2. The van der Waals surface area contributed by atoms with Crippen molar-refractivity contribution >= 4 is 22.4 Å². The van der Waals surface area contributed by atoms with E-state index in [-0.39, 0.29) is 23.2 Å². The molecule has 1 saturated heterocycles. The van der Waals surface area contributed by atoms with Crippen LogP contribution in [-0.4, -0.2) is 66.2 Å². The number of benzene rings is 1. The number of oxime groups is 1. The summed E-state index contributed by atoms with van der Waals surface area (Å²) in [6.07, 6.45) is 2.59. The summed E-state index contributed by atoms with van der Waals surface area (Å²) in [6.45, 7) is 0.921. The molecule has 3 heterocycles. The molecule has 3 aromatic rings. The van der Waals surface area contributed by atoms with Gasteiger partial charge in [-0.1, -0.05) is 29.4 Å². The highest BCUT2D eigenvalue weighted by molar-refractivity contribution is 6.02. The number of rotatable bonds is 8. The molecule has 2 fully saturated rings. The van der Waals surface area contributed by atoms with E-state index in [1.165, 1.54) is 4.57 Å². The van der Waals surface area contributed by atoms with Crippen molar-refractivity contribution in [1.82, 2.24) is 14.5 Å². The van der Waals surface area contributed by atoms with E-state index >= 15 is 0 Å². The van der Waals surface area contributed by atoms with Crippen molar-refractivity contribution in [1.29, 1.82) is 10.5 Å². The second-order valence-corrected chi connectivity index (χ2v) is 10.9. The third kappa shape index (κ3) is 6.51. The molecule has 0 atom stereocenters. The van der Waals surface area contributed by atoms with E-state index in [0.717, 1.165) is 30.8 Å². The van der Waals surface area contributed by atoms with Crippen LogP contribution in [0.3, 0.4) is 0 Å². The van der Waals surface area contributed by atoms with Crippen molar-refractivity contribution in [2.75, 3.05) is 38.3 Å². The molecule has 0 radical (unpaired) electrons. The first kappa shape index (κ1) is 30.1. The van der Waals surface area contributed by atoms with Crippen LogP contribution in [0.15, 0.2) is 46.3 Å². The minimum atomic E-state index is -3.03. The van der Waals surface area contributed by atoms with E-state index in [4.69, 9.17) is 4.74 Å². The molecule has 0 unspecified atom stereocenters. The fourth-order valence-corrected chi connectivity index (χ4v) is 6.08. The van der Waals surface area contributed by atoms with E-state index in [9.17, 15) is 24.1 Å². The number of hydrogen-bond acceptors (Lipinski definition) is 9. The van der Waals surface area contributed by atoms with E-state index in [2.05, 4.69) is 19.9 Å². The molecule has 10 nitrogen and oxygen atoms in total. The van der Waals surface area contributed by atoms with Crippen LogP contribution in [0.4, 0.5) is 14.5 Å². The number of fused-ring (bicyclic) bond motifs is 1. The number of aryl methyl sites for hydroxylation is 1. The predicted molar refractivity (Wildman–Crippen MR) is 157 cm³/mol. The van der Waals surface area contributed by atoms with E-state index in [1.54, 1.807) is 19.2 Å². The van der Waals surface area contributed by atoms with Gasteiger partial charge in [0.15, 0.2) is 0 Å². The van der Waals surface area contributed by atoms with Crippen LogP contribution >= 0.6 is 0 Å². The predicted octanol–water partition coefficient (Wildman–Crippen LogP) is 4.15. The number of ether oxygens (including phenoxy) is 1. The maximum absolute atomic E-state index is 13.1. The van der Waals surface area contributed by atoms with Crippen LogP contribution in [0.5, 0.6) is 0 Å². The molecule has 5 rings (SSSR count). The molecule has 0 bridgehead atoms. The summed E-state index contributed by atoms with van der Waals surface area (Å²) in [7, 11) is 3.40. The molecule has 1 aliphatic carbocycles. The Kier molecular flexibility index (Phi) is 9.29. The number of hydrogen-bond donors (Lipinski definition) is 0. The Morgan fingerprint density at radius 2 is 1.81 bits per heavy atom. The lowest BCUT2D eigenvalue weighted by atomic mass is 9.80. The number of nitriles is 2. The average Bonchev–Trinajstić information content (AvgIpc) is 3.03. The van der Waals surface area contributed by atoms with Crippen LogP contribution in [0, 0.1) is 28.6 Å². The van der Waals surface area contributed by atoms with Gasteiger partial charge in [-0.05, 0) is 48.9 Å². The van der Waals surface area contributed by atoms with Gasteiger partial charge in [-0.3, -0.25) is 9.69 Å². The molecule has 1 aliphatic heterocycles. The summed E-state index contributed by atoms with van der Waals surface area (Å²) in [5, 5.41) is 23.3. The molecule has 1 saturated carbocycles. The van der Waals surface area contributed by atoms with Crippen molar-refractivity contribution in [3.05, 3.63) is 69.1 Å². The third-order valence-electron chi connectivity index (χ3n) is 8.42. The highest BCUT2D eigenvalue weighted by Gasteiger charge is 2.31. The van der Waals surface area contributed by atoms with E-state index < -0.39 is 12.2 Å². The topological polar surface area (TPSA) is 120 Å². The molecule has 1 aromatic carbocycles.